The van der Waals surface area contributed by atoms with Gasteiger partial charge in [0.15, 0.2) is 0 Å². The smallest absolute Gasteiger partial charge is 0.334 e. The molecule has 6 heteroatoms. The van der Waals surface area contributed by atoms with Crippen LogP contribution in [0.25, 0.3) is 0 Å². The Balaban J connectivity index is 2.00. The van der Waals surface area contributed by atoms with Gasteiger partial charge in [0, 0.05) is 18.9 Å². The van der Waals surface area contributed by atoms with Gasteiger partial charge in [-0.05, 0) is 64.4 Å². The third-order valence-corrected chi connectivity index (χ3v) is 6.74. The number of ether oxygens (including phenoxy) is 3. The van der Waals surface area contributed by atoms with Crippen LogP contribution >= 0.6 is 0 Å². The maximum absolute atomic E-state index is 12.7. The molecule has 1 unspecified atom stereocenters. The normalized spacial score (nSPS) is 43.7. The van der Waals surface area contributed by atoms with Gasteiger partial charge in [0.1, 0.15) is 17.3 Å². The van der Waals surface area contributed by atoms with Gasteiger partial charge in [-0.15, -0.1) is 0 Å². The van der Waals surface area contributed by atoms with E-state index in [1.165, 1.54) is 6.92 Å². The minimum Gasteiger partial charge on any atom is -0.459 e. The maximum Gasteiger partial charge on any atom is 0.334 e. The van der Waals surface area contributed by atoms with Gasteiger partial charge in [-0.3, -0.25) is 4.79 Å². The van der Waals surface area contributed by atoms with E-state index >= 15 is 0 Å². The molecule has 0 saturated carbocycles. The topological polar surface area (TPSA) is 82.1 Å². The SMILES string of the molecule is C=C1C(=O)O[C@]2(C)CC[C@H]1C[C@H](O)/C(C)=C/C[C@H](OC(C)=O)C1(C)CC[C@@H]2O1. The molecule has 0 aromatic carbocycles. The number of hydrogen-bond donors (Lipinski definition) is 1. The van der Waals surface area contributed by atoms with Crippen LogP contribution in [-0.4, -0.2) is 46.6 Å². The van der Waals surface area contributed by atoms with E-state index in [2.05, 4.69) is 6.58 Å². The van der Waals surface area contributed by atoms with Gasteiger partial charge in [0.05, 0.1) is 12.2 Å². The third-order valence-electron chi connectivity index (χ3n) is 6.74. The van der Waals surface area contributed by atoms with Crippen LogP contribution in [0.15, 0.2) is 23.8 Å². The van der Waals surface area contributed by atoms with Gasteiger partial charge in [0.25, 0.3) is 0 Å². The standard InChI is InChI=1S/C22H32O6/c1-13-6-7-18(26-15(3)23)21(4)11-9-19(27-21)22(5)10-8-16(12-17(13)24)14(2)20(25)28-22/h6,16-19,24H,2,7-12H2,1,3-5H3/b13-6+/t16-,17-,18-,19-,21?,22+/m0/s1. The summed E-state index contributed by atoms with van der Waals surface area (Å²) in [7, 11) is 0. The van der Waals surface area contributed by atoms with Crippen molar-refractivity contribution in [2.75, 3.05) is 0 Å². The van der Waals surface area contributed by atoms with E-state index in [1.54, 1.807) is 0 Å². The average molecular weight is 392 g/mol. The van der Waals surface area contributed by atoms with Crippen molar-refractivity contribution in [3.63, 3.8) is 0 Å². The van der Waals surface area contributed by atoms with Gasteiger partial charge < -0.3 is 19.3 Å². The molecule has 1 N–H and O–H groups in total. The fourth-order valence-electron chi connectivity index (χ4n) is 4.65. The first kappa shape index (κ1) is 21.1. The average Bonchev–Trinajstić information content (AvgIpc) is 2.99. The summed E-state index contributed by atoms with van der Waals surface area (Å²) >= 11 is 0. The Morgan fingerprint density at radius 2 is 1.96 bits per heavy atom. The summed E-state index contributed by atoms with van der Waals surface area (Å²) in [6.07, 6.45) is 4.13. The molecule has 4 bridgehead atoms. The number of rotatable bonds is 1. The Kier molecular flexibility index (Phi) is 5.74. The molecule has 2 fully saturated rings. The maximum atomic E-state index is 12.7. The number of fused-ring (bicyclic) bond motifs is 6. The molecule has 3 aliphatic rings. The van der Waals surface area contributed by atoms with Crippen LogP contribution in [0, 0.1) is 5.92 Å². The van der Waals surface area contributed by atoms with E-state index in [4.69, 9.17) is 14.2 Å². The highest BCUT2D eigenvalue weighted by atomic mass is 16.6. The second kappa shape index (κ2) is 7.64. The zero-order valence-corrected chi connectivity index (χ0v) is 17.3. The zero-order chi connectivity index (χ0) is 20.7. The minimum atomic E-state index is -0.769. The fourth-order valence-corrected chi connectivity index (χ4v) is 4.65. The molecular formula is C22H32O6. The fraction of sp³-hybridized carbons (Fsp3) is 0.727. The molecule has 6 nitrogen and oxygen atoms in total. The number of carbonyl (C=O) groups excluding carboxylic acids is 2. The zero-order valence-electron chi connectivity index (χ0n) is 17.3. The van der Waals surface area contributed by atoms with Gasteiger partial charge in [-0.25, -0.2) is 4.79 Å². The number of hydrogen-bond acceptors (Lipinski definition) is 6. The molecule has 28 heavy (non-hydrogen) atoms. The van der Waals surface area contributed by atoms with Crippen LogP contribution in [0.4, 0.5) is 0 Å². The first-order chi connectivity index (χ1) is 13.0. The highest BCUT2D eigenvalue weighted by molar-refractivity contribution is 5.89. The van der Waals surface area contributed by atoms with Crippen molar-refractivity contribution in [1.29, 1.82) is 0 Å². The van der Waals surface area contributed by atoms with Gasteiger partial charge >= 0.3 is 11.9 Å². The first-order valence-corrected chi connectivity index (χ1v) is 10.2. The molecular weight excluding hydrogens is 360 g/mol. The molecule has 0 aromatic rings. The van der Waals surface area contributed by atoms with E-state index in [9.17, 15) is 14.7 Å². The van der Waals surface area contributed by atoms with E-state index < -0.39 is 29.4 Å². The predicted molar refractivity (Wildman–Crippen MR) is 103 cm³/mol. The summed E-state index contributed by atoms with van der Waals surface area (Å²) in [6.45, 7) is 11.1. The summed E-state index contributed by atoms with van der Waals surface area (Å²) in [6, 6.07) is 0. The molecule has 0 aliphatic carbocycles. The Morgan fingerprint density at radius 3 is 2.64 bits per heavy atom. The van der Waals surface area contributed by atoms with Gasteiger partial charge in [0.2, 0.25) is 0 Å². The van der Waals surface area contributed by atoms with Crippen molar-refractivity contribution in [3.8, 4) is 0 Å². The van der Waals surface area contributed by atoms with Crippen LogP contribution in [0.3, 0.4) is 0 Å². The third kappa shape index (κ3) is 4.03. The van der Waals surface area contributed by atoms with Gasteiger partial charge in [-0.1, -0.05) is 12.7 Å². The Bertz CT molecular complexity index is 697. The lowest BCUT2D eigenvalue weighted by molar-refractivity contribution is -0.193. The summed E-state index contributed by atoms with van der Waals surface area (Å²) in [5.74, 6) is -0.907. The van der Waals surface area contributed by atoms with Gasteiger partial charge in [-0.2, -0.15) is 0 Å². The van der Waals surface area contributed by atoms with E-state index in [0.29, 0.717) is 37.7 Å². The molecule has 0 radical (unpaired) electrons. The van der Waals surface area contributed by atoms with Crippen molar-refractivity contribution in [3.05, 3.63) is 23.8 Å². The summed E-state index contributed by atoms with van der Waals surface area (Å²) in [4.78, 5) is 24.4. The van der Waals surface area contributed by atoms with Crippen LogP contribution in [0.1, 0.15) is 66.2 Å². The molecule has 156 valence electrons. The van der Waals surface area contributed by atoms with Crippen LogP contribution in [0.5, 0.6) is 0 Å². The highest BCUT2D eigenvalue weighted by Gasteiger charge is 2.52. The second-order valence-corrected chi connectivity index (χ2v) is 8.95. The highest BCUT2D eigenvalue weighted by Crippen LogP contribution is 2.45. The van der Waals surface area contributed by atoms with Crippen LogP contribution in [-0.2, 0) is 23.8 Å². The van der Waals surface area contributed by atoms with Crippen molar-refractivity contribution >= 4 is 11.9 Å². The quantitative estimate of drug-likeness (QED) is 0.419. The Hall–Kier alpha value is -1.66. The monoisotopic (exact) mass is 392 g/mol. The molecule has 0 amide bonds. The number of esters is 2. The number of aliphatic hydroxyl groups is 1. The lowest BCUT2D eigenvalue weighted by Gasteiger charge is -2.37. The summed E-state index contributed by atoms with van der Waals surface area (Å²) in [5, 5.41) is 10.7. The molecule has 3 heterocycles. The van der Waals surface area contributed by atoms with E-state index in [-0.39, 0.29) is 18.0 Å². The van der Waals surface area contributed by atoms with E-state index in [1.807, 2.05) is 26.8 Å². The van der Waals surface area contributed by atoms with Crippen molar-refractivity contribution < 1.29 is 28.9 Å². The molecule has 2 saturated heterocycles. The largest absolute Gasteiger partial charge is 0.459 e. The molecule has 3 aliphatic heterocycles. The summed E-state index contributed by atoms with van der Waals surface area (Å²) < 4.78 is 17.9. The van der Waals surface area contributed by atoms with E-state index in [0.717, 1.165) is 12.0 Å². The lowest BCUT2D eigenvalue weighted by atomic mass is 9.83. The summed E-state index contributed by atoms with van der Waals surface area (Å²) in [5.41, 5.74) is -0.229. The molecule has 6 atom stereocenters. The van der Waals surface area contributed by atoms with Crippen molar-refractivity contribution in [2.45, 2.75) is 95.7 Å². The number of aliphatic hydroxyl groups excluding tert-OH is 1. The number of carbonyl (C=O) groups is 2. The van der Waals surface area contributed by atoms with Crippen LogP contribution in [0.2, 0.25) is 0 Å². The molecule has 0 spiro atoms. The molecule has 0 aromatic heterocycles. The Labute approximate surface area is 166 Å². The van der Waals surface area contributed by atoms with Crippen LogP contribution < -0.4 is 0 Å². The Morgan fingerprint density at radius 1 is 1.29 bits per heavy atom. The lowest BCUT2D eigenvalue weighted by Crippen LogP contribution is -2.47. The van der Waals surface area contributed by atoms with Crippen molar-refractivity contribution in [2.24, 2.45) is 5.92 Å². The molecule has 3 rings (SSSR count). The first-order valence-electron chi connectivity index (χ1n) is 10.2. The second-order valence-electron chi connectivity index (χ2n) is 8.95. The van der Waals surface area contributed by atoms with Crippen molar-refractivity contribution in [1.82, 2.24) is 0 Å². The minimum absolute atomic E-state index is 0.134. The predicted octanol–water partition coefficient (Wildman–Crippen LogP) is 3.22.